The minimum atomic E-state index is -1.89. The van der Waals surface area contributed by atoms with Gasteiger partial charge in [0.2, 0.25) is 11.3 Å². The van der Waals surface area contributed by atoms with Gasteiger partial charge in [-0.25, -0.2) is 4.21 Å². The number of benzene rings is 2. The highest BCUT2D eigenvalue weighted by molar-refractivity contribution is 7.76. The van der Waals surface area contributed by atoms with E-state index < -0.39 is 11.3 Å². The molecule has 1 aliphatic carbocycles. The van der Waals surface area contributed by atoms with E-state index in [0.29, 0.717) is 5.92 Å². The van der Waals surface area contributed by atoms with E-state index in [0.717, 1.165) is 13.1 Å². The van der Waals surface area contributed by atoms with E-state index in [4.69, 9.17) is 0 Å². The van der Waals surface area contributed by atoms with Crippen LogP contribution in [-0.2, 0) is 11.3 Å². The van der Waals surface area contributed by atoms with Gasteiger partial charge in [0.1, 0.15) is 0 Å². The summed E-state index contributed by atoms with van der Waals surface area (Å²) in [6.07, 6.45) is 2.38. The minimum absolute atomic E-state index is 0.136. The number of likely N-dealkylation sites (tertiary alicyclic amines) is 1. The average Bonchev–Trinajstić information content (AvgIpc) is 3.48. The molecule has 1 unspecified atom stereocenters. The third-order valence-corrected chi connectivity index (χ3v) is 6.57. The summed E-state index contributed by atoms with van der Waals surface area (Å²) in [4.78, 5) is 2.45. The first kappa shape index (κ1) is 17.9. The third-order valence-electron chi connectivity index (χ3n) is 5.75. The van der Waals surface area contributed by atoms with E-state index in [9.17, 15) is 8.76 Å². The SMILES string of the molecule is C[C@@H]1[C@@H](N(CC2CC2)S(=O)O)CN1C(c1ccccc1)c1ccccc1. The van der Waals surface area contributed by atoms with Gasteiger partial charge in [-0.05, 0) is 36.8 Å². The zero-order valence-electron chi connectivity index (χ0n) is 15.1. The second-order valence-corrected chi connectivity index (χ2v) is 8.43. The van der Waals surface area contributed by atoms with Crippen LogP contribution in [-0.4, -0.2) is 43.1 Å². The molecule has 2 aromatic rings. The Labute approximate surface area is 158 Å². The molecule has 1 saturated heterocycles. The quantitative estimate of drug-likeness (QED) is 0.756. The predicted molar refractivity (Wildman–Crippen MR) is 105 cm³/mol. The first-order chi connectivity index (χ1) is 12.6. The lowest BCUT2D eigenvalue weighted by Crippen LogP contribution is -2.66. The van der Waals surface area contributed by atoms with E-state index >= 15 is 0 Å². The van der Waals surface area contributed by atoms with Crippen LogP contribution in [0.1, 0.15) is 36.9 Å². The van der Waals surface area contributed by atoms with Gasteiger partial charge in [-0.3, -0.25) is 9.45 Å². The second-order valence-electron chi connectivity index (χ2n) is 7.50. The standard InChI is InChI=1S/C21H26N2O2S/c1-16-20(23(26(24)25)14-17-12-13-17)15-22(16)21(18-8-4-2-5-9-18)19-10-6-3-7-11-19/h2-11,16-17,20-21H,12-15H2,1H3,(H,24,25)/t16-,20+/m1/s1. The predicted octanol–water partition coefficient (Wildman–Crippen LogP) is 3.70. The maximum Gasteiger partial charge on any atom is 0.234 e. The molecule has 0 aromatic heterocycles. The molecule has 1 N–H and O–H groups in total. The van der Waals surface area contributed by atoms with Crippen LogP contribution < -0.4 is 0 Å². The summed E-state index contributed by atoms with van der Waals surface area (Å²) in [5, 5.41) is 0. The van der Waals surface area contributed by atoms with E-state index in [2.05, 4.69) is 60.4 Å². The Morgan fingerprint density at radius 1 is 1.08 bits per heavy atom. The van der Waals surface area contributed by atoms with Gasteiger partial charge < -0.3 is 0 Å². The second kappa shape index (κ2) is 7.61. The Kier molecular flexibility index (Phi) is 5.23. The maximum absolute atomic E-state index is 11.9. The van der Waals surface area contributed by atoms with Crippen molar-refractivity contribution in [3.05, 3.63) is 71.8 Å². The largest absolute Gasteiger partial charge is 0.294 e. The highest BCUT2D eigenvalue weighted by Crippen LogP contribution is 2.39. The van der Waals surface area contributed by atoms with Gasteiger partial charge in [-0.1, -0.05) is 60.7 Å². The molecule has 0 bridgehead atoms. The highest BCUT2D eigenvalue weighted by atomic mass is 32.2. The van der Waals surface area contributed by atoms with Crippen LogP contribution in [0.4, 0.5) is 0 Å². The van der Waals surface area contributed by atoms with Crippen molar-refractivity contribution in [3.63, 3.8) is 0 Å². The molecule has 1 heterocycles. The fraction of sp³-hybridized carbons (Fsp3) is 0.429. The van der Waals surface area contributed by atoms with E-state index in [1.165, 1.54) is 24.0 Å². The molecule has 0 amide bonds. The molecule has 4 rings (SSSR count). The fourth-order valence-electron chi connectivity index (χ4n) is 4.01. The Morgan fingerprint density at radius 3 is 2.04 bits per heavy atom. The van der Waals surface area contributed by atoms with E-state index in [1.54, 1.807) is 4.31 Å². The maximum atomic E-state index is 11.9. The molecule has 1 saturated carbocycles. The Bertz CT molecular complexity index is 712. The van der Waals surface area contributed by atoms with Crippen molar-refractivity contribution in [1.29, 1.82) is 0 Å². The topological polar surface area (TPSA) is 43.8 Å². The normalized spacial score (nSPS) is 24.6. The molecule has 2 aromatic carbocycles. The molecule has 4 nitrogen and oxygen atoms in total. The van der Waals surface area contributed by atoms with Crippen molar-refractivity contribution >= 4 is 11.3 Å². The van der Waals surface area contributed by atoms with Crippen molar-refractivity contribution < 1.29 is 8.76 Å². The third kappa shape index (κ3) is 3.62. The lowest BCUT2D eigenvalue weighted by molar-refractivity contribution is -0.00953. The van der Waals surface area contributed by atoms with Crippen LogP contribution in [0.25, 0.3) is 0 Å². The number of hydrogen-bond acceptors (Lipinski definition) is 2. The Hall–Kier alpha value is -1.53. The smallest absolute Gasteiger partial charge is 0.234 e. The molecular formula is C21H26N2O2S. The number of nitrogens with zero attached hydrogens (tertiary/aromatic N) is 2. The van der Waals surface area contributed by atoms with Gasteiger partial charge in [0.25, 0.3) is 0 Å². The Balaban J connectivity index is 1.57. The van der Waals surface area contributed by atoms with Crippen LogP contribution in [0.3, 0.4) is 0 Å². The van der Waals surface area contributed by atoms with Crippen LogP contribution in [0.2, 0.25) is 0 Å². The zero-order chi connectivity index (χ0) is 18.1. The monoisotopic (exact) mass is 370 g/mol. The molecule has 0 spiro atoms. The van der Waals surface area contributed by atoms with Crippen LogP contribution in [0.15, 0.2) is 60.7 Å². The van der Waals surface area contributed by atoms with Crippen molar-refractivity contribution in [3.8, 4) is 0 Å². The number of hydrogen-bond donors (Lipinski definition) is 1. The van der Waals surface area contributed by atoms with Crippen molar-refractivity contribution in [1.82, 2.24) is 9.21 Å². The molecule has 26 heavy (non-hydrogen) atoms. The lowest BCUT2D eigenvalue weighted by Gasteiger charge is -2.53. The van der Waals surface area contributed by atoms with Crippen LogP contribution in [0.5, 0.6) is 0 Å². The summed E-state index contributed by atoms with van der Waals surface area (Å²) in [7, 11) is 0. The zero-order valence-corrected chi connectivity index (χ0v) is 15.9. The van der Waals surface area contributed by atoms with Crippen molar-refractivity contribution in [2.24, 2.45) is 5.92 Å². The first-order valence-corrected chi connectivity index (χ1v) is 10.4. The summed E-state index contributed by atoms with van der Waals surface area (Å²) in [5.41, 5.74) is 2.53. The number of rotatable bonds is 7. The Morgan fingerprint density at radius 2 is 1.62 bits per heavy atom. The summed E-state index contributed by atoms with van der Waals surface area (Å²) >= 11 is -1.89. The molecule has 1 aliphatic heterocycles. The van der Waals surface area contributed by atoms with Crippen molar-refractivity contribution in [2.75, 3.05) is 13.1 Å². The highest BCUT2D eigenvalue weighted by Gasteiger charge is 2.46. The van der Waals surface area contributed by atoms with Crippen LogP contribution >= 0.6 is 0 Å². The summed E-state index contributed by atoms with van der Waals surface area (Å²) in [6.45, 7) is 3.74. The average molecular weight is 371 g/mol. The molecule has 5 heteroatoms. The molecule has 0 radical (unpaired) electrons. The molecular weight excluding hydrogens is 344 g/mol. The summed E-state index contributed by atoms with van der Waals surface area (Å²) in [5.74, 6) is 0.603. The first-order valence-electron chi connectivity index (χ1n) is 9.38. The molecule has 138 valence electrons. The van der Waals surface area contributed by atoms with Gasteiger partial charge in [0.15, 0.2) is 0 Å². The van der Waals surface area contributed by atoms with Gasteiger partial charge in [0, 0.05) is 19.1 Å². The molecule has 2 aliphatic rings. The summed E-state index contributed by atoms with van der Waals surface area (Å²) in [6, 6.07) is 21.6. The van der Waals surface area contributed by atoms with Crippen molar-refractivity contribution in [2.45, 2.75) is 37.9 Å². The van der Waals surface area contributed by atoms with Crippen LogP contribution in [0, 0.1) is 5.92 Å². The van der Waals surface area contributed by atoms with E-state index in [1.807, 2.05) is 12.1 Å². The van der Waals surface area contributed by atoms with Gasteiger partial charge in [-0.2, -0.15) is 4.31 Å². The molecule has 3 atom stereocenters. The lowest BCUT2D eigenvalue weighted by atomic mass is 9.88. The van der Waals surface area contributed by atoms with Gasteiger partial charge in [0.05, 0.1) is 12.1 Å². The fourth-order valence-corrected chi connectivity index (χ4v) is 4.82. The minimum Gasteiger partial charge on any atom is -0.294 e. The van der Waals surface area contributed by atoms with E-state index in [-0.39, 0.29) is 18.1 Å². The molecule has 2 fully saturated rings. The van der Waals surface area contributed by atoms with Gasteiger partial charge >= 0.3 is 0 Å². The summed E-state index contributed by atoms with van der Waals surface area (Å²) < 4.78 is 23.5. The van der Waals surface area contributed by atoms with Gasteiger partial charge in [-0.15, -0.1) is 0 Å².